The van der Waals surface area contributed by atoms with Gasteiger partial charge in [0.2, 0.25) is 0 Å². The Labute approximate surface area is 194 Å². The molecule has 0 aliphatic heterocycles. The topological polar surface area (TPSA) is 46.1 Å². The summed E-state index contributed by atoms with van der Waals surface area (Å²) in [6, 6.07) is 9.53. The first-order valence-electron chi connectivity index (χ1n) is 9.47. The van der Waals surface area contributed by atoms with Gasteiger partial charge in [0.15, 0.2) is 17.5 Å². The number of hydrogen-bond acceptors (Lipinski definition) is 3. The maximum Gasteiger partial charge on any atom is 0.193 e. The van der Waals surface area contributed by atoms with Crippen molar-refractivity contribution < 1.29 is 18.3 Å². The minimum atomic E-state index is -0.572. The van der Waals surface area contributed by atoms with Gasteiger partial charge in [0.05, 0.1) is 14.2 Å². The predicted molar refractivity (Wildman–Crippen MR) is 127 cm³/mol. The number of guanidine groups is 1. The zero-order valence-electron chi connectivity index (χ0n) is 18.0. The Bertz CT molecular complexity index is 849. The molecule has 0 heterocycles. The molecule has 5 nitrogen and oxygen atoms in total. The highest BCUT2D eigenvalue weighted by molar-refractivity contribution is 14.0. The first kappa shape index (κ1) is 25.9. The molecule has 0 aliphatic carbocycles. The lowest BCUT2D eigenvalue weighted by molar-refractivity contribution is 0.354. The molecule has 0 amide bonds. The van der Waals surface area contributed by atoms with Gasteiger partial charge in [-0.05, 0) is 35.7 Å². The Morgan fingerprint density at radius 1 is 1.10 bits per heavy atom. The molecule has 8 heteroatoms. The van der Waals surface area contributed by atoms with Gasteiger partial charge in [-0.1, -0.05) is 19.1 Å². The summed E-state index contributed by atoms with van der Waals surface area (Å²) >= 11 is 0. The highest BCUT2D eigenvalue weighted by atomic mass is 127. The van der Waals surface area contributed by atoms with E-state index in [9.17, 15) is 8.78 Å². The van der Waals surface area contributed by atoms with Crippen molar-refractivity contribution in [3.05, 3.63) is 59.2 Å². The van der Waals surface area contributed by atoms with E-state index >= 15 is 0 Å². The summed E-state index contributed by atoms with van der Waals surface area (Å²) in [5.41, 5.74) is 1.59. The molecule has 0 saturated heterocycles. The fourth-order valence-corrected chi connectivity index (χ4v) is 3.08. The molecule has 30 heavy (non-hydrogen) atoms. The molecule has 0 aliphatic rings. The summed E-state index contributed by atoms with van der Waals surface area (Å²) in [6.45, 7) is 3.10. The van der Waals surface area contributed by atoms with E-state index < -0.39 is 11.6 Å². The van der Waals surface area contributed by atoms with Crippen molar-refractivity contribution in [2.45, 2.75) is 19.3 Å². The molecular weight excluding hydrogens is 503 g/mol. The third-order valence-electron chi connectivity index (χ3n) is 4.82. The maximum absolute atomic E-state index is 14.0. The van der Waals surface area contributed by atoms with E-state index in [-0.39, 0.29) is 29.9 Å². The zero-order chi connectivity index (χ0) is 21.4. The lowest BCUT2D eigenvalue weighted by Gasteiger charge is -2.24. The number of likely N-dealkylation sites (N-methyl/N-ethyl adjacent to an activating group) is 1. The van der Waals surface area contributed by atoms with E-state index in [2.05, 4.69) is 10.3 Å². The number of methoxy groups -OCH3 is 2. The van der Waals surface area contributed by atoms with Crippen LogP contribution < -0.4 is 14.8 Å². The quantitative estimate of drug-likeness (QED) is 0.310. The van der Waals surface area contributed by atoms with Gasteiger partial charge in [0.25, 0.3) is 0 Å². The van der Waals surface area contributed by atoms with E-state index in [4.69, 9.17) is 9.47 Å². The van der Waals surface area contributed by atoms with Gasteiger partial charge in [-0.3, -0.25) is 4.99 Å². The van der Waals surface area contributed by atoms with Crippen molar-refractivity contribution in [1.82, 2.24) is 10.2 Å². The second-order valence-corrected chi connectivity index (χ2v) is 6.86. The molecule has 1 N–H and O–H groups in total. The van der Waals surface area contributed by atoms with Gasteiger partial charge >= 0.3 is 0 Å². The van der Waals surface area contributed by atoms with Gasteiger partial charge in [0.1, 0.15) is 11.6 Å². The second kappa shape index (κ2) is 12.6. The Balaban J connectivity index is 0.00000450. The Morgan fingerprint density at radius 2 is 1.80 bits per heavy atom. The normalized spacial score (nSPS) is 12.0. The molecule has 0 aromatic heterocycles. The number of benzene rings is 2. The number of nitrogens with one attached hydrogen (secondary N) is 1. The van der Waals surface area contributed by atoms with E-state index in [0.717, 1.165) is 24.6 Å². The summed E-state index contributed by atoms with van der Waals surface area (Å²) < 4.78 is 37.7. The van der Waals surface area contributed by atoms with E-state index in [0.29, 0.717) is 29.6 Å². The van der Waals surface area contributed by atoms with E-state index in [1.54, 1.807) is 21.3 Å². The van der Waals surface area contributed by atoms with Crippen LogP contribution in [0, 0.1) is 11.6 Å². The first-order chi connectivity index (χ1) is 13.9. The largest absolute Gasteiger partial charge is 0.493 e. The average molecular weight is 533 g/mol. The second-order valence-electron chi connectivity index (χ2n) is 6.86. The van der Waals surface area contributed by atoms with Crippen molar-refractivity contribution in [3.63, 3.8) is 0 Å². The highest BCUT2D eigenvalue weighted by Crippen LogP contribution is 2.27. The summed E-state index contributed by atoms with van der Waals surface area (Å²) in [7, 11) is 6.88. The fraction of sp³-hybridized carbons (Fsp3) is 0.409. The minimum Gasteiger partial charge on any atom is -0.493 e. The molecule has 2 rings (SSSR count). The summed E-state index contributed by atoms with van der Waals surface area (Å²) in [5.74, 6) is 0.869. The van der Waals surface area contributed by atoms with Crippen molar-refractivity contribution >= 4 is 29.9 Å². The zero-order valence-corrected chi connectivity index (χ0v) is 20.4. The molecule has 0 fully saturated rings. The number of aliphatic imine (C=N–C) groups is 1. The van der Waals surface area contributed by atoms with Crippen LogP contribution in [0.1, 0.15) is 24.0 Å². The molecule has 0 radical (unpaired) electrons. The van der Waals surface area contributed by atoms with Crippen LogP contribution >= 0.6 is 24.0 Å². The standard InChI is InChI=1S/C22H29F2N3O2.HI/c1-15(18-8-7-17(23)13-19(18)24)14-26-22(25-2)27(3)11-10-16-6-9-20(28-4)21(12-16)29-5;/h6-9,12-13,15H,10-11,14H2,1-5H3,(H,25,26);1H. The maximum atomic E-state index is 14.0. The molecule has 166 valence electrons. The average Bonchev–Trinajstić information content (AvgIpc) is 2.72. The summed E-state index contributed by atoms with van der Waals surface area (Å²) in [5, 5.41) is 3.26. The lowest BCUT2D eigenvalue weighted by atomic mass is 10.0. The number of rotatable bonds is 8. The molecule has 2 aromatic carbocycles. The number of ether oxygens (including phenoxy) is 2. The monoisotopic (exact) mass is 533 g/mol. The van der Waals surface area contributed by atoms with Gasteiger partial charge in [-0.15, -0.1) is 24.0 Å². The molecule has 0 spiro atoms. The summed E-state index contributed by atoms with van der Waals surface area (Å²) in [6.07, 6.45) is 0.791. The molecule has 2 aromatic rings. The van der Waals surface area contributed by atoms with Gasteiger partial charge in [-0.25, -0.2) is 8.78 Å². The van der Waals surface area contributed by atoms with Crippen molar-refractivity contribution in [1.29, 1.82) is 0 Å². The molecule has 1 unspecified atom stereocenters. The molecule has 0 saturated carbocycles. The molecule has 1 atom stereocenters. The number of halogens is 3. The Hall–Kier alpha value is -2.10. The predicted octanol–water partition coefficient (Wildman–Crippen LogP) is 4.45. The van der Waals surface area contributed by atoms with Crippen LogP contribution in [0.5, 0.6) is 11.5 Å². The van der Waals surface area contributed by atoms with Crippen LogP contribution in [0.15, 0.2) is 41.4 Å². The van der Waals surface area contributed by atoms with Gasteiger partial charge < -0.3 is 19.7 Å². The molecular formula is C22H30F2IN3O2. The van der Waals surface area contributed by atoms with Gasteiger partial charge in [0, 0.05) is 39.2 Å². The Morgan fingerprint density at radius 3 is 2.40 bits per heavy atom. The van der Waals surface area contributed by atoms with Crippen LogP contribution in [0.3, 0.4) is 0 Å². The van der Waals surface area contributed by atoms with Crippen LogP contribution in [-0.2, 0) is 6.42 Å². The lowest BCUT2D eigenvalue weighted by Crippen LogP contribution is -2.41. The number of nitrogens with zero attached hydrogens (tertiary/aromatic N) is 2. The van der Waals surface area contributed by atoms with Crippen LogP contribution in [0.2, 0.25) is 0 Å². The number of hydrogen-bond donors (Lipinski definition) is 1. The Kier molecular flexibility index (Phi) is 10.9. The highest BCUT2D eigenvalue weighted by Gasteiger charge is 2.14. The van der Waals surface area contributed by atoms with Crippen LogP contribution in [0.4, 0.5) is 8.78 Å². The first-order valence-corrected chi connectivity index (χ1v) is 9.47. The van der Waals surface area contributed by atoms with Crippen molar-refractivity contribution in [2.24, 2.45) is 4.99 Å². The van der Waals surface area contributed by atoms with E-state index in [1.807, 2.05) is 37.1 Å². The van der Waals surface area contributed by atoms with Gasteiger partial charge in [-0.2, -0.15) is 0 Å². The van der Waals surface area contributed by atoms with Crippen molar-refractivity contribution in [3.8, 4) is 11.5 Å². The SMILES string of the molecule is CN=C(NCC(C)c1ccc(F)cc1F)N(C)CCc1ccc(OC)c(OC)c1.I. The third kappa shape index (κ3) is 7.00. The fourth-order valence-electron chi connectivity index (χ4n) is 3.08. The third-order valence-corrected chi connectivity index (χ3v) is 4.82. The minimum absolute atomic E-state index is 0. The van der Waals surface area contributed by atoms with Crippen LogP contribution in [-0.4, -0.2) is 52.3 Å². The molecule has 0 bridgehead atoms. The van der Waals surface area contributed by atoms with Crippen molar-refractivity contribution in [2.75, 3.05) is 41.4 Å². The van der Waals surface area contributed by atoms with Crippen LogP contribution in [0.25, 0.3) is 0 Å². The smallest absolute Gasteiger partial charge is 0.193 e. The summed E-state index contributed by atoms with van der Waals surface area (Å²) in [4.78, 5) is 6.30. The van der Waals surface area contributed by atoms with E-state index in [1.165, 1.54) is 12.1 Å².